The Morgan fingerprint density at radius 3 is 2.80 bits per heavy atom. The van der Waals surface area contributed by atoms with Gasteiger partial charge in [0, 0.05) is 17.8 Å². The summed E-state index contributed by atoms with van der Waals surface area (Å²) in [6.07, 6.45) is 4.60. The number of aromatic nitrogens is 3. The van der Waals surface area contributed by atoms with Crippen LogP contribution in [0.25, 0.3) is 10.8 Å². The molecule has 1 amide bonds. The summed E-state index contributed by atoms with van der Waals surface area (Å²) < 4.78 is 1.12. The van der Waals surface area contributed by atoms with E-state index < -0.39 is 0 Å². The quantitative estimate of drug-likeness (QED) is 0.759. The van der Waals surface area contributed by atoms with Crippen molar-refractivity contribution in [3.05, 3.63) is 68.8 Å². The highest BCUT2D eigenvalue weighted by molar-refractivity contribution is 6.42. The Kier molecular flexibility index (Phi) is 5.01. The molecule has 1 aromatic carbocycles. The Hall–Kier alpha value is -2.44. The number of amides is 1. The van der Waals surface area contributed by atoms with Crippen LogP contribution >= 0.6 is 23.2 Å². The van der Waals surface area contributed by atoms with Gasteiger partial charge in [0.25, 0.3) is 5.56 Å². The third-order valence-electron chi connectivity index (χ3n) is 3.77. The van der Waals surface area contributed by atoms with Gasteiger partial charge < -0.3 is 5.32 Å². The van der Waals surface area contributed by atoms with Crippen LogP contribution in [0.15, 0.2) is 47.7 Å². The zero-order valence-electron chi connectivity index (χ0n) is 13.2. The average Bonchev–Trinajstić information content (AvgIpc) is 2.60. The minimum atomic E-state index is -0.336. The van der Waals surface area contributed by atoms with Crippen molar-refractivity contribution in [2.24, 2.45) is 0 Å². The standard InChI is InChI=1S/C17H14Cl2N4O2/c1-10(11-2-3-14(18)15(19)6-11)22-16(24)9-23-17(25)13-4-5-20-7-12(13)8-21-23/h2-8,10H,9H2,1H3,(H,22,24)/t10-/m0/s1. The minimum absolute atomic E-state index is 0.178. The number of rotatable bonds is 4. The number of nitrogens with zero attached hydrogens (tertiary/aromatic N) is 3. The molecule has 0 aliphatic carbocycles. The zero-order valence-corrected chi connectivity index (χ0v) is 14.8. The lowest BCUT2D eigenvalue weighted by Gasteiger charge is -2.15. The molecule has 3 aromatic rings. The number of carbonyl (C=O) groups excluding carboxylic acids is 1. The second kappa shape index (κ2) is 7.21. The molecule has 3 rings (SSSR count). The van der Waals surface area contributed by atoms with Gasteiger partial charge in [-0.1, -0.05) is 29.3 Å². The van der Waals surface area contributed by atoms with E-state index in [4.69, 9.17) is 23.2 Å². The van der Waals surface area contributed by atoms with Gasteiger partial charge in [-0.2, -0.15) is 5.10 Å². The van der Waals surface area contributed by atoms with Gasteiger partial charge in [-0.05, 0) is 30.7 Å². The van der Waals surface area contributed by atoms with E-state index in [1.54, 1.807) is 30.5 Å². The average molecular weight is 377 g/mol. The Labute approximate surface area is 153 Å². The van der Waals surface area contributed by atoms with Gasteiger partial charge in [0.2, 0.25) is 5.91 Å². The summed E-state index contributed by atoms with van der Waals surface area (Å²) in [5, 5.41) is 8.80. The molecule has 6 nitrogen and oxygen atoms in total. The van der Waals surface area contributed by atoms with Gasteiger partial charge in [-0.25, -0.2) is 4.68 Å². The molecule has 2 heterocycles. The van der Waals surface area contributed by atoms with Gasteiger partial charge in [0.1, 0.15) is 6.54 Å². The molecule has 8 heteroatoms. The van der Waals surface area contributed by atoms with Crippen LogP contribution in [0, 0.1) is 0 Å². The smallest absolute Gasteiger partial charge is 0.275 e. The van der Waals surface area contributed by atoms with Gasteiger partial charge >= 0.3 is 0 Å². The Bertz CT molecular complexity index is 1000. The maximum atomic E-state index is 12.4. The molecule has 0 bridgehead atoms. The third kappa shape index (κ3) is 3.81. The van der Waals surface area contributed by atoms with Crippen LogP contribution in [0.3, 0.4) is 0 Å². The zero-order chi connectivity index (χ0) is 18.0. The number of hydrogen-bond acceptors (Lipinski definition) is 4. The summed E-state index contributed by atoms with van der Waals surface area (Å²) in [7, 11) is 0. The lowest BCUT2D eigenvalue weighted by atomic mass is 10.1. The molecule has 0 spiro atoms. The maximum Gasteiger partial charge on any atom is 0.275 e. The lowest BCUT2D eigenvalue weighted by molar-refractivity contribution is -0.122. The molecule has 0 radical (unpaired) electrons. The van der Waals surface area contributed by atoms with E-state index in [1.165, 1.54) is 12.4 Å². The summed E-state index contributed by atoms with van der Waals surface area (Å²) in [5.41, 5.74) is 0.477. The first kappa shape index (κ1) is 17.4. The molecule has 1 N–H and O–H groups in total. The minimum Gasteiger partial charge on any atom is -0.348 e. The van der Waals surface area contributed by atoms with Crippen molar-refractivity contribution < 1.29 is 4.79 Å². The highest BCUT2D eigenvalue weighted by Gasteiger charge is 2.13. The fourth-order valence-electron chi connectivity index (χ4n) is 2.43. The van der Waals surface area contributed by atoms with Crippen molar-refractivity contribution in [2.45, 2.75) is 19.5 Å². The van der Waals surface area contributed by atoms with Crippen molar-refractivity contribution in [1.29, 1.82) is 0 Å². The summed E-state index contributed by atoms with van der Waals surface area (Å²) >= 11 is 11.9. The second-order valence-corrected chi connectivity index (χ2v) is 6.35. The number of halogens is 2. The van der Waals surface area contributed by atoms with Crippen molar-refractivity contribution in [3.8, 4) is 0 Å². The summed E-state index contributed by atoms with van der Waals surface area (Å²) in [6.45, 7) is 1.64. The van der Waals surface area contributed by atoms with Crippen LogP contribution in [-0.4, -0.2) is 20.7 Å². The van der Waals surface area contributed by atoms with Crippen LogP contribution < -0.4 is 10.9 Å². The molecule has 0 saturated heterocycles. The lowest BCUT2D eigenvalue weighted by Crippen LogP contribution is -2.34. The van der Waals surface area contributed by atoms with Crippen molar-refractivity contribution in [2.75, 3.05) is 0 Å². The first-order valence-corrected chi connectivity index (χ1v) is 8.25. The highest BCUT2D eigenvalue weighted by atomic mass is 35.5. The summed E-state index contributed by atoms with van der Waals surface area (Å²) in [6, 6.07) is 6.47. The van der Waals surface area contributed by atoms with Gasteiger partial charge in [0.05, 0.1) is 27.7 Å². The molecule has 0 unspecified atom stereocenters. The first-order valence-electron chi connectivity index (χ1n) is 7.50. The van der Waals surface area contributed by atoms with Crippen molar-refractivity contribution in [3.63, 3.8) is 0 Å². The summed E-state index contributed by atoms with van der Waals surface area (Å²) in [4.78, 5) is 28.6. The fourth-order valence-corrected chi connectivity index (χ4v) is 2.74. The maximum absolute atomic E-state index is 12.4. The molecule has 0 saturated carbocycles. The number of carbonyl (C=O) groups is 1. The molecule has 1 atom stereocenters. The molecule has 128 valence electrons. The molecule has 25 heavy (non-hydrogen) atoms. The number of hydrogen-bond donors (Lipinski definition) is 1. The Balaban J connectivity index is 1.75. The van der Waals surface area contributed by atoms with Crippen molar-refractivity contribution in [1.82, 2.24) is 20.1 Å². The SMILES string of the molecule is C[C@H](NC(=O)Cn1ncc2cnccc2c1=O)c1ccc(Cl)c(Cl)c1. The third-order valence-corrected chi connectivity index (χ3v) is 4.51. The van der Waals surface area contributed by atoms with Crippen LogP contribution in [0.2, 0.25) is 10.0 Å². The van der Waals surface area contributed by atoms with Crippen LogP contribution in [0.5, 0.6) is 0 Å². The Morgan fingerprint density at radius 2 is 2.04 bits per heavy atom. The largest absolute Gasteiger partial charge is 0.348 e. The molecule has 0 aliphatic heterocycles. The van der Waals surface area contributed by atoms with Gasteiger partial charge in [-0.15, -0.1) is 0 Å². The van der Waals surface area contributed by atoms with E-state index in [1.807, 2.05) is 6.92 Å². The molecular weight excluding hydrogens is 363 g/mol. The topological polar surface area (TPSA) is 76.9 Å². The molecule has 0 aliphatic rings. The van der Waals surface area contributed by atoms with E-state index >= 15 is 0 Å². The highest BCUT2D eigenvalue weighted by Crippen LogP contribution is 2.25. The number of pyridine rings is 1. The number of nitrogens with one attached hydrogen (secondary N) is 1. The van der Waals surface area contributed by atoms with E-state index in [-0.39, 0.29) is 24.1 Å². The summed E-state index contributed by atoms with van der Waals surface area (Å²) in [5.74, 6) is -0.332. The van der Waals surface area contributed by atoms with Crippen LogP contribution in [0.4, 0.5) is 0 Å². The van der Waals surface area contributed by atoms with E-state index in [2.05, 4.69) is 15.4 Å². The fraction of sp³-hybridized carbons (Fsp3) is 0.176. The van der Waals surface area contributed by atoms with E-state index in [9.17, 15) is 9.59 Å². The van der Waals surface area contributed by atoms with Crippen molar-refractivity contribution >= 4 is 39.9 Å². The monoisotopic (exact) mass is 376 g/mol. The molecule has 0 fully saturated rings. The predicted octanol–water partition coefficient (Wildman–Crippen LogP) is 2.98. The number of benzene rings is 1. The molecule has 2 aromatic heterocycles. The van der Waals surface area contributed by atoms with Crippen LogP contribution in [0.1, 0.15) is 18.5 Å². The normalized spacial score (nSPS) is 12.1. The first-order chi connectivity index (χ1) is 12.0. The predicted molar refractivity (Wildman–Crippen MR) is 96.8 cm³/mol. The van der Waals surface area contributed by atoms with Gasteiger partial charge in [0.15, 0.2) is 0 Å². The van der Waals surface area contributed by atoms with Gasteiger partial charge in [-0.3, -0.25) is 14.6 Å². The molecular formula is C17H14Cl2N4O2. The van der Waals surface area contributed by atoms with E-state index in [0.717, 1.165) is 10.2 Å². The second-order valence-electron chi connectivity index (χ2n) is 5.53. The Morgan fingerprint density at radius 1 is 1.24 bits per heavy atom. The van der Waals surface area contributed by atoms with E-state index in [0.29, 0.717) is 20.8 Å². The number of fused-ring (bicyclic) bond motifs is 1. The van der Waals surface area contributed by atoms with Crippen LogP contribution in [-0.2, 0) is 11.3 Å².